The number of aryl methyl sites for hydroxylation is 1. The Morgan fingerprint density at radius 2 is 1.61 bits per heavy atom. The Bertz CT molecular complexity index is 2260. The predicted molar refractivity (Wildman–Crippen MR) is 198 cm³/mol. The van der Waals surface area contributed by atoms with Gasteiger partial charge in [0.1, 0.15) is 24.0 Å². The molecule has 1 N–H and O–H groups in total. The summed E-state index contributed by atoms with van der Waals surface area (Å²) in [6.07, 6.45) is 6.40. The summed E-state index contributed by atoms with van der Waals surface area (Å²) < 4.78 is 18.8. The minimum Gasteiger partial charge on any atom is -0.491 e. The monoisotopic (exact) mass is 729 g/mol. The molecule has 0 bridgehead atoms. The van der Waals surface area contributed by atoms with Crippen LogP contribution >= 0.6 is 0 Å². The molecule has 2 aliphatic heterocycles. The number of carbonyl (C=O) groups is 5. The van der Waals surface area contributed by atoms with Crippen molar-refractivity contribution in [3.8, 4) is 28.1 Å². The number of aromatic nitrogens is 3. The second-order valence-corrected chi connectivity index (χ2v) is 14.1. The van der Waals surface area contributed by atoms with Crippen molar-refractivity contribution in [2.75, 3.05) is 19.8 Å². The molecule has 2 aromatic carbocycles. The second-order valence-electron chi connectivity index (χ2n) is 14.1. The number of benzene rings is 2. The van der Waals surface area contributed by atoms with E-state index in [4.69, 9.17) is 14.2 Å². The van der Waals surface area contributed by atoms with Crippen LogP contribution in [0.3, 0.4) is 0 Å². The highest BCUT2D eigenvalue weighted by atomic mass is 16.6. The molecule has 0 aliphatic carbocycles. The van der Waals surface area contributed by atoms with Crippen LogP contribution in [0.5, 0.6) is 5.75 Å². The maximum Gasteiger partial charge on any atom is 0.419 e. The largest absolute Gasteiger partial charge is 0.491 e. The molecular formula is C41H39N5O8. The van der Waals surface area contributed by atoms with Gasteiger partial charge in [0.2, 0.25) is 11.8 Å². The SMILES string of the molecule is CC(C)(C)OC(=O)n1c(-c2ccc(-c3ccc(CCCOCCOc4ccc5c(c4)C(=O)N(C4CCC(=O)NC4=O)C5=O)nc3)cc2)cc2ccncc21. The zero-order valence-corrected chi connectivity index (χ0v) is 30.2. The van der Waals surface area contributed by atoms with Crippen LogP contribution in [0.2, 0.25) is 0 Å². The Morgan fingerprint density at radius 1 is 0.852 bits per heavy atom. The Labute approximate surface area is 311 Å². The van der Waals surface area contributed by atoms with Gasteiger partial charge in [-0.05, 0) is 87.6 Å². The van der Waals surface area contributed by atoms with Crippen LogP contribution in [0.15, 0.2) is 85.3 Å². The van der Waals surface area contributed by atoms with E-state index in [1.165, 1.54) is 12.1 Å². The van der Waals surface area contributed by atoms with E-state index in [1.54, 1.807) is 23.0 Å². The smallest absolute Gasteiger partial charge is 0.419 e. The summed E-state index contributed by atoms with van der Waals surface area (Å²) in [5.74, 6) is -1.81. The first-order valence-electron chi connectivity index (χ1n) is 17.8. The number of nitrogens with one attached hydrogen (secondary N) is 1. The van der Waals surface area contributed by atoms with Gasteiger partial charge in [0.25, 0.3) is 11.8 Å². The minimum absolute atomic E-state index is 0.0609. The van der Waals surface area contributed by atoms with Crippen LogP contribution in [0.1, 0.15) is 66.4 Å². The van der Waals surface area contributed by atoms with Crippen molar-refractivity contribution < 1.29 is 38.2 Å². The van der Waals surface area contributed by atoms with Gasteiger partial charge in [-0.15, -0.1) is 0 Å². The Balaban J connectivity index is 0.874. The lowest BCUT2D eigenvalue weighted by Gasteiger charge is -2.27. The van der Waals surface area contributed by atoms with Gasteiger partial charge < -0.3 is 14.2 Å². The van der Waals surface area contributed by atoms with Gasteiger partial charge in [-0.1, -0.05) is 30.3 Å². The molecular weight excluding hydrogens is 690 g/mol. The van der Waals surface area contributed by atoms with Gasteiger partial charge in [0.15, 0.2) is 0 Å². The van der Waals surface area contributed by atoms with Crippen molar-refractivity contribution in [2.45, 2.75) is 58.1 Å². The van der Waals surface area contributed by atoms with Crippen molar-refractivity contribution in [2.24, 2.45) is 0 Å². The maximum atomic E-state index is 13.2. The third-order valence-corrected chi connectivity index (χ3v) is 9.15. The van der Waals surface area contributed by atoms with E-state index in [-0.39, 0.29) is 30.6 Å². The molecule has 7 rings (SSSR count). The summed E-state index contributed by atoms with van der Waals surface area (Å²) in [6.45, 7) is 6.59. The Morgan fingerprint density at radius 3 is 2.35 bits per heavy atom. The minimum atomic E-state index is -1.02. The number of hydrogen-bond donors (Lipinski definition) is 1. The van der Waals surface area contributed by atoms with Crippen LogP contribution in [0, 0.1) is 0 Å². The Kier molecular flexibility index (Phi) is 10.1. The molecule has 0 spiro atoms. The third kappa shape index (κ3) is 7.62. The average Bonchev–Trinajstić information content (AvgIpc) is 3.65. The van der Waals surface area contributed by atoms with Gasteiger partial charge in [0, 0.05) is 42.1 Å². The fourth-order valence-corrected chi connectivity index (χ4v) is 6.56. The standard InChI is InChI=1S/C41H39N5O8/c1-41(2,3)54-40(51)45-34(21-27-16-17-42-24-35(27)45)26-8-6-25(7-9-26)28-10-11-29(43-23-28)5-4-18-52-19-20-53-30-12-13-31-32(22-30)39(50)46(38(31)49)33-14-15-36(47)44-37(33)48/h6-13,16-17,21-24,33H,4-5,14-15,18-20H2,1-3H3,(H,44,47,48). The molecule has 2 aliphatic rings. The summed E-state index contributed by atoms with van der Waals surface area (Å²) in [4.78, 5) is 72.7. The van der Waals surface area contributed by atoms with Crippen molar-refractivity contribution >= 4 is 40.6 Å². The van der Waals surface area contributed by atoms with E-state index in [0.717, 1.165) is 51.2 Å². The van der Waals surface area contributed by atoms with E-state index >= 15 is 0 Å². The number of carbonyl (C=O) groups excluding carboxylic acids is 5. The van der Waals surface area contributed by atoms with Crippen molar-refractivity contribution in [3.05, 3.63) is 102 Å². The zero-order valence-electron chi connectivity index (χ0n) is 30.2. The molecule has 1 saturated heterocycles. The lowest BCUT2D eigenvalue weighted by Crippen LogP contribution is -2.54. The van der Waals surface area contributed by atoms with E-state index in [1.807, 2.05) is 75.5 Å². The van der Waals surface area contributed by atoms with Gasteiger partial charge >= 0.3 is 6.09 Å². The van der Waals surface area contributed by atoms with Crippen LogP contribution in [-0.2, 0) is 25.5 Å². The molecule has 4 amide bonds. The zero-order chi connectivity index (χ0) is 38.0. The molecule has 13 heteroatoms. The molecule has 54 heavy (non-hydrogen) atoms. The van der Waals surface area contributed by atoms with Crippen LogP contribution < -0.4 is 10.1 Å². The first kappa shape index (κ1) is 36.2. The number of ether oxygens (including phenoxy) is 3. The van der Waals surface area contributed by atoms with Crippen LogP contribution in [0.4, 0.5) is 4.79 Å². The predicted octanol–water partition coefficient (Wildman–Crippen LogP) is 5.98. The average molecular weight is 730 g/mol. The van der Waals surface area contributed by atoms with Crippen molar-refractivity contribution in [1.82, 2.24) is 24.8 Å². The molecule has 0 radical (unpaired) electrons. The number of pyridine rings is 2. The van der Waals surface area contributed by atoms with E-state index in [9.17, 15) is 24.0 Å². The molecule has 5 heterocycles. The molecule has 1 atom stereocenters. The van der Waals surface area contributed by atoms with Gasteiger partial charge in [-0.25, -0.2) is 9.36 Å². The topological polar surface area (TPSA) is 159 Å². The fourth-order valence-electron chi connectivity index (χ4n) is 6.56. The molecule has 1 unspecified atom stereocenters. The number of piperidine rings is 1. The number of hydrogen-bond acceptors (Lipinski definition) is 10. The second kappa shape index (κ2) is 15.0. The molecule has 13 nitrogen and oxygen atoms in total. The lowest BCUT2D eigenvalue weighted by atomic mass is 10.0. The summed E-state index contributed by atoms with van der Waals surface area (Å²) in [7, 11) is 0. The normalized spacial score (nSPS) is 15.8. The third-order valence-electron chi connectivity index (χ3n) is 9.15. The summed E-state index contributed by atoms with van der Waals surface area (Å²) in [6, 6.07) is 19.4. The van der Waals surface area contributed by atoms with Gasteiger partial charge in [-0.3, -0.25) is 39.4 Å². The summed E-state index contributed by atoms with van der Waals surface area (Å²) >= 11 is 0. The molecule has 5 aromatic rings. The van der Waals surface area contributed by atoms with E-state index in [0.29, 0.717) is 24.5 Å². The van der Waals surface area contributed by atoms with Crippen molar-refractivity contribution in [1.29, 1.82) is 0 Å². The fraction of sp³-hybridized carbons (Fsp3) is 0.293. The lowest BCUT2D eigenvalue weighted by molar-refractivity contribution is -0.136. The molecule has 3 aromatic heterocycles. The van der Waals surface area contributed by atoms with E-state index < -0.39 is 41.4 Å². The highest BCUT2D eigenvalue weighted by Gasteiger charge is 2.44. The van der Waals surface area contributed by atoms with Gasteiger partial charge in [-0.2, -0.15) is 0 Å². The summed E-state index contributed by atoms with van der Waals surface area (Å²) in [5, 5.41) is 3.08. The summed E-state index contributed by atoms with van der Waals surface area (Å²) in [5.41, 5.74) is 4.89. The molecule has 0 saturated carbocycles. The highest BCUT2D eigenvalue weighted by molar-refractivity contribution is 6.23. The Hall–Kier alpha value is -6.21. The van der Waals surface area contributed by atoms with Crippen molar-refractivity contribution in [3.63, 3.8) is 0 Å². The molecule has 1 fully saturated rings. The number of imide groups is 2. The first-order valence-corrected chi connectivity index (χ1v) is 17.8. The van der Waals surface area contributed by atoms with Crippen LogP contribution in [0.25, 0.3) is 33.3 Å². The quantitative estimate of drug-likeness (QED) is 0.127. The number of fused-ring (bicyclic) bond motifs is 2. The first-order chi connectivity index (χ1) is 26.0. The highest BCUT2D eigenvalue weighted by Crippen LogP contribution is 2.32. The number of amides is 4. The van der Waals surface area contributed by atoms with E-state index in [2.05, 4.69) is 15.3 Å². The maximum absolute atomic E-state index is 13.2. The number of nitrogens with zero attached hydrogens (tertiary/aromatic N) is 4. The van der Waals surface area contributed by atoms with Crippen LogP contribution in [-0.4, -0.2) is 80.6 Å². The molecule has 276 valence electrons. The van der Waals surface area contributed by atoms with Gasteiger partial charge in [0.05, 0.1) is 35.1 Å². The number of rotatable bonds is 11.